The van der Waals surface area contributed by atoms with Crippen molar-refractivity contribution in [2.45, 2.75) is 44.9 Å². The van der Waals surface area contributed by atoms with Crippen LogP contribution in [0.1, 0.15) is 41.7 Å². The Balaban J connectivity index is 1.32. The van der Waals surface area contributed by atoms with Crippen molar-refractivity contribution in [3.05, 3.63) is 106 Å². The van der Waals surface area contributed by atoms with E-state index in [2.05, 4.69) is 48.5 Å². The van der Waals surface area contributed by atoms with Gasteiger partial charge in [-0.15, -0.1) is 0 Å². The summed E-state index contributed by atoms with van der Waals surface area (Å²) in [5.74, 6) is 1.21. The Bertz CT molecular complexity index is 1520. The first-order chi connectivity index (χ1) is 17.5. The van der Waals surface area contributed by atoms with E-state index in [4.69, 9.17) is 9.83 Å². The van der Waals surface area contributed by atoms with Crippen molar-refractivity contribution in [3.8, 4) is 0 Å². The molecule has 0 saturated carbocycles. The van der Waals surface area contributed by atoms with E-state index >= 15 is 0 Å². The van der Waals surface area contributed by atoms with Crippen molar-refractivity contribution < 1.29 is 9.34 Å². The average molecular weight is 481 g/mol. The van der Waals surface area contributed by atoms with Crippen LogP contribution in [0.4, 0.5) is 0 Å². The first-order valence-corrected chi connectivity index (χ1v) is 12.4. The molecule has 1 saturated heterocycles. The van der Waals surface area contributed by atoms with Crippen LogP contribution >= 0.6 is 0 Å². The molecule has 1 aliphatic carbocycles. The van der Waals surface area contributed by atoms with Gasteiger partial charge in [0.05, 0.1) is 24.3 Å². The molecular formula is C29H28N4O3. The maximum absolute atomic E-state index is 11.9. The van der Waals surface area contributed by atoms with Gasteiger partial charge in [0.1, 0.15) is 11.6 Å². The number of allylic oxidation sites excluding steroid dienone is 1. The molecule has 1 aliphatic heterocycles. The normalized spacial score (nSPS) is 20.1. The van der Waals surface area contributed by atoms with Crippen LogP contribution in [0.5, 0.6) is 0 Å². The summed E-state index contributed by atoms with van der Waals surface area (Å²) in [5, 5.41) is 25.4. The molecule has 182 valence electrons. The third kappa shape index (κ3) is 3.63. The van der Waals surface area contributed by atoms with Crippen LogP contribution in [0.3, 0.4) is 0 Å². The van der Waals surface area contributed by atoms with Gasteiger partial charge in [0.15, 0.2) is 0 Å². The topological polar surface area (TPSA) is 86.6 Å². The van der Waals surface area contributed by atoms with Gasteiger partial charge in [-0.25, -0.2) is 0 Å². The molecule has 1 N–H and O–H groups in total. The number of hydrogen-bond acceptors (Lipinski definition) is 5. The largest absolute Gasteiger partial charge is 0.467 e. The van der Waals surface area contributed by atoms with Crippen LogP contribution in [-0.2, 0) is 19.4 Å². The Morgan fingerprint density at radius 3 is 2.78 bits per heavy atom. The maximum Gasteiger partial charge on any atom is 0.370 e. The van der Waals surface area contributed by atoms with E-state index in [1.54, 1.807) is 23.4 Å². The Morgan fingerprint density at radius 2 is 1.94 bits per heavy atom. The molecule has 0 spiro atoms. The SMILES string of the molecule is CC=CN1CC(=N)N(Cc2occc2C2CCc3ccc4c(ccc5ccccc54)c3C2)C1[N+](=O)[O-]. The molecule has 36 heavy (non-hydrogen) atoms. The molecule has 2 atom stereocenters. The summed E-state index contributed by atoms with van der Waals surface area (Å²) >= 11 is 0. The lowest BCUT2D eigenvalue weighted by Gasteiger charge is -2.27. The van der Waals surface area contributed by atoms with Gasteiger partial charge in [-0.2, -0.15) is 0 Å². The van der Waals surface area contributed by atoms with E-state index in [1.807, 2.05) is 13.0 Å². The number of nitro groups is 1. The molecule has 4 aromatic rings. The minimum Gasteiger partial charge on any atom is -0.467 e. The monoisotopic (exact) mass is 480 g/mol. The number of rotatable bonds is 5. The zero-order chi connectivity index (χ0) is 24.8. The predicted octanol–water partition coefficient (Wildman–Crippen LogP) is 6.05. The molecule has 0 radical (unpaired) electrons. The third-order valence-electron chi connectivity index (χ3n) is 7.66. The van der Waals surface area contributed by atoms with Gasteiger partial charge in [0.2, 0.25) is 0 Å². The Morgan fingerprint density at radius 1 is 1.11 bits per heavy atom. The van der Waals surface area contributed by atoms with Crippen molar-refractivity contribution in [1.82, 2.24) is 9.80 Å². The molecule has 2 heterocycles. The first-order valence-electron chi connectivity index (χ1n) is 12.4. The summed E-state index contributed by atoms with van der Waals surface area (Å²) in [4.78, 5) is 14.6. The van der Waals surface area contributed by atoms with E-state index in [1.165, 1.54) is 37.6 Å². The minimum absolute atomic E-state index is 0.211. The van der Waals surface area contributed by atoms with Gasteiger partial charge in [-0.05, 0) is 76.4 Å². The van der Waals surface area contributed by atoms with E-state index < -0.39 is 6.29 Å². The quantitative estimate of drug-likeness (QED) is 0.214. The second kappa shape index (κ2) is 8.82. The molecule has 1 fully saturated rings. The summed E-state index contributed by atoms with van der Waals surface area (Å²) in [6, 6.07) is 19.5. The molecule has 0 amide bonds. The van der Waals surface area contributed by atoms with Crippen molar-refractivity contribution in [3.63, 3.8) is 0 Å². The Hall–Kier alpha value is -4.13. The van der Waals surface area contributed by atoms with E-state index in [0.717, 1.165) is 24.8 Å². The number of aryl methyl sites for hydroxylation is 1. The highest BCUT2D eigenvalue weighted by molar-refractivity contribution is 6.08. The highest BCUT2D eigenvalue weighted by atomic mass is 16.6. The number of furan rings is 1. The van der Waals surface area contributed by atoms with Crippen molar-refractivity contribution in [2.75, 3.05) is 6.54 Å². The Kier molecular flexibility index (Phi) is 5.48. The summed E-state index contributed by atoms with van der Waals surface area (Å²) in [6.45, 7) is 2.24. The predicted molar refractivity (Wildman–Crippen MR) is 141 cm³/mol. The van der Waals surface area contributed by atoms with Crippen LogP contribution in [0, 0.1) is 15.5 Å². The zero-order valence-corrected chi connectivity index (χ0v) is 20.2. The van der Waals surface area contributed by atoms with Gasteiger partial charge < -0.3 is 4.42 Å². The van der Waals surface area contributed by atoms with Gasteiger partial charge in [-0.1, -0.05) is 54.6 Å². The number of fused-ring (bicyclic) bond motifs is 5. The fourth-order valence-electron chi connectivity index (χ4n) is 6.01. The van der Waals surface area contributed by atoms with Crippen LogP contribution < -0.4 is 0 Å². The molecule has 0 bridgehead atoms. The lowest BCUT2D eigenvalue weighted by Crippen LogP contribution is -2.43. The molecular weight excluding hydrogens is 452 g/mol. The highest BCUT2D eigenvalue weighted by Gasteiger charge is 2.43. The van der Waals surface area contributed by atoms with Crippen LogP contribution in [0.2, 0.25) is 0 Å². The van der Waals surface area contributed by atoms with Gasteiger partial charge >= 0.3 is 6.29 Å². The third-order valence-corrected chi connectivity index (χ3v) is 7.66. The first kappa shape index (κ1) is 22.3. The number of hydrogen-bond donors (Lipinski definition) is 1. The number of benzene rings is 3. The molecule has 2 aliphatic rings. The fourth-order valence-corrected chi connectivity index (χ4v) is 6.01. The summed E-state index contributed by atoms with van der Waals surface area (Å²) in [6.07, 6.45) is 6.91. The van der Waals surface area contributed by atoms with Crippen LogP contribution in [0.15, 0.2) is 77.6 Å². The van der Waals surface area contributed by atoms with Crippen molar-refractivity contribution in [1.29, 1.82) is 5.41 Å². The highest BCUT2D eigenvalue weighted by Crippen LogP contribution is 2.40. The summed E-state index contributed by atoms with van der Waals surface area (Å²) in [5.41, 5.74) is 3.88. The van der Waals surface area contributed by atoms with Crippen LogP contribution in [-0.4, -0.2) is 33.4 Å². The second-order valence-corrected chi connectivity index (χ2v) is 9.68. The molecule has 2 unspecified atom stereocenters. The standard InChI is InChI=1S/C29H28N4O3/c1-2-14-31-18-28(30)32(29(31)33(34)35)17-27-23(13-15-36-27)21-8-7-20-10-11-24-22-6-4-3-5-19(22)9-12-25(24)26(20)16-21/h2-6,9-15,21,29-30H,7-8,16-18H2,1H3. The Labute approximate surface area is 209 Å². The molecule has 3 aromatic carbocycles. The molecule has 6 rings (SSSR count). The smallest absolute Gasteiger partial charge is 0.370 e. The van der Waals surface area contributed by atoms with Gasteiger partial charge in [0.25, 0.3) is 0 Å². The van der Waals surface area contributed by atoms with Crippen molar-refractivity contribution >= 4 is 27.4 Å². The minimum atomic E-state index is -1.10. The van der Waals surface area contributed by atoms with Gasteiger partial charge in [-0.3, -0.25) is 25.3 Å². The average Bonchev–Trinajstić information content (AvgIpc) is 3.47. The lowest BCUT2D eigenvalue weighted by atomic mass is 9.78. The number of amidine groups is 1. The summed E-state index contributed by atoms with van der Waals surface area (Å²) < 4.78 is 5.89. The number of nitrogens with one attached hydrogen (secondary N) is 1. The molecule has 1 aromatic heterocycles. The summed E-state index contributed by atoms with van der Waals surface area (Å²) in [7, 11) is 0. The maximum atomic E-state index is 11.9. The van der Waals surface area contributed by atoms with E-state index in [-0.39, 0.29) is 29.8 Å². The molecule has 7 heteroatoms. The second-order valence-electron chi connectivity index (χ2n) is 9.68. The van der Waals surface area contributed by atoms with E-state index in [9.17, 15) is 10.1 Å². The van der Waals surface area contributed by atoms with Gasteiger partial charge in [0, 0.05) is 6.20 Å². The van der Waals surface area contributed by atoms with Crippen LogP contribution in [0.25, 0.3) is 21.5 Å². The van der Waals surface area contributed by atoms with E-state index in [0.29, 0.717) is 5.76 Å². The van der Waals surface area contributed by atoms with Crippen molar-refractivity contribution in [2.24, 2.45) is 0 Å². The molecule has 7 nitrogen and oxygen atoms in total. The zero-order valence-electron chi connectivity index (χ0n) is 20.2. The number of nitrogens with zero attached hydrogens (tertiary/aromatic N) is 3. The fraction of sp³-hybridized carbons (Fsp3) is 0.276. The lowest BCUT2D eigenvalue weighted by molar-refractivity contribution is -0.566.